The number of rotatable bonds is 4. The van der Waals surface area contributed by atoms with E-state index in [-0.39, 0.29) is 22.9 Å². The number of azo groups is 1. The maximum atomic E-state index is 10.9. The maximum absolute atomic E-state index is 10.9. The number of non-ortho nitro benzene ring substituents is 1. The topological polar surface area (TPSA) is 151 Å². The smallest absolute Gasteiger partial charge is 0.303 e. The minimum Gasteiger partial charge on any atom is -0.508 e. The van der Waals surface area contributed by atoms with Crippen LogP contribution in [0.1, 0.15) is 0 Å². The Hall–Kier alpha value is -3.56. The highest BCUT2D eigenvalue weighted by molar-refractivity contribution is 5.62. The molecule has 0 aromatic heterocycles. The summed E-state index contributed by atoms with van der Waals surface area (Å²) in [5.74, 6) is -0.550. The van der Waals surface area contributed by atoms with Gasteiger partial charge in [-0.2, -0.15) is 0 Å². The first-order chi connectivity index (χ1) is 10.4. The number of nitrogens with zero attached hydrogens (tertiary/aromatic N) is 4. The van der Waals surface area contributed by atoms with Gasteiger partial charge < -0.3 is 10.2 Å². The first kappa shape index (κ1) is 14.8. The van der Waals surface area contributed by atoms with E-state index in [1.54, 1.807) is 0 Å². The number of phenolic OH excluding ortho intramolecular Hbond substituents is 2. The van der Waals surface area contributed by atoms with Crippen LogP contribution in [0, 0.1) is 20.2 Å². The highest BCUT2D eigenvalue weighted by Gasteiger charge is 2.19. The van der Waals surface area contributed by atoms with Gasteiger partial charge in [0.1, 0.15) is 17.2 Å². The van der Waals surface area contributed by atoms with Crippen molar-refractivity contribution in [2.45, 2.75) is 0 Å². The molecule has 0 unspecified atom stereocenters. The summed E-state index contributed by atoms with van der Waals surface area (Å²) in [6, 6.07) is 6.43. The van der Waals surface area contributed by atoms with Crippen molar-refractivity contribution in [2.75, 3.05) is 0 Å². The third-order valence-electron chi connectivity index (χ3n) is 2.59. The van der Waals surface area contributed by atoms with E-state index in [1.165, 1.54) is 12.1 Å². The molecule has 2 aromatic rings. The maximum Gasteiger partial charge on any atom is 0.303 e. The molecule has 2 rings (SSSR count). The lowest BCUT2D eigenvalue weighted by Crippen LogP contribution is -1.92. The van der Waals surface area contributed by atoms with Gasteiger partial charge in [-0.25, -0.2) is 0 Å². The van der Waals surface area contributed by atoms with Gasteiger partial charge in [-0.05, 0) is 18.2 Å². The summed E-state index contributed by atoms with van der Waals surface area (Å²) in [7, 11) is 0. The minimum absolute atomic E-state index is 0.0227. The Kier molecular flexibility index (Phi) is 3.93. The zero-order chi connectivity index (χ0) is 16.3. The van der Waals surface area contributed by atoms with Gasteiger partial charge in [0.05, 0.1) is 15.9 Å². The van der Waals surface area contributed by atoms with Gasteiger partial charge in [-0.15, -0.1) is 10.2 Å². The van der Waals surface area contributed by atoms with Crippen molar-refractivity contribution in [3.05, 3.63) is 56.6 Å². The molecule has 0 bridgehead atoms. The Morgan fingerprint density at radius 2 is 1.50 bits per heavy atom. The fourth-order valence-corrected chi connectivity index (χ4v) is 1.56. The molecule has 0 spiro atoms. The van der Waals surface area contributed by atoms with E-state index in [0.29, 0.717) is 0 Å². The molecule has 0 radical (unpaired) electrons. The second-order valence-corrected chi connectivity index (χ2v) is 4.06. The first-order valence-electron chi connectivity index (χ1n) is 5.75. The van der Waals surface area contributed by atoms with E-state index >= 15 is 0 Å². The van der Waals surface area contributed by atoms with Crippen LogP contribution in [0.5, 0.6) is 11.5 Å². The SMILES string of the molecule is O=[N+]([O-])c1ccc(/N=N/c2ccc(O)cc2O)c([N+](=O)[O-])c1. The largest absolute Gasteiger partial charge is 0.508 e. The highest BCUT2D eigenvalue weighted by atomic mass is 16.6. The second-order valence-electron chi connectivity index (χ2n) is 4.06. The van der Waals surface area contributed by atoms with Crippen LogP contribution in [0.15, 0.2) is 46.6 Å². The van der Waals surface area contributed by atoms with Crippen molar-refractivity contribution in [1.29, 1.82) is 0 Å². The fourth-order valence-electron chi connectivity index (χ4n) is 1.56. The molecule has 22 heavy (non-hydrogen) atoms. The Balaban J connectivity index is 2.42. The van der Waals surface area contributed by atoms with Gasteiger partial charge in [0.15, 0.2) is 5.69 Å². The molecule has 0 saturated heterocycles. The number of aromatic hydroxyl groups is 2. The minimum atomic E-state index is -0.821. The van der Waals surface area contributed by atoms with Crippen molar-refractivity contribution in [3.63, 3.8) is 0 Å². The van der Waals surface area contributed by atoms with E-state index in [0.717, 1.165) is 24.3 Å². The van der Waals surface area contributed by atoms with E-state index in [1.807, 2.05) is 0 Å². The van der Waals surface area contributed by atoms with Gasteiger partial charge in [-0.3, -0.25) is 20.2 Å². The molecule has 0 atom stereocenters. The van der Waals surface area contributed by atoms with E-state index in [9.17, 15) is 25.3 Å². The summed E-state index contributed by atoms with van der Waals surface area (Å²) in [5.41, 5.74) is -1.26. The molecule has 2 aromatic carbocycles. The number of nitro groups is 2. The Morgan fingerprint density at radius 3 is 2.09 bits per heavy atom. The number of hydrogen-bond donors (Lipinski definition) is 2. The summed E-state index contributed by atoms with van der Waals surface area (Å²) < 4.78 is 0. The molecule has 0 saturated carbocycles. The summed E-state index contributed by atoms with van der Waals surface area (Å²) in [6.07, 6.45) is 0. The molecule has 0 fully saturated rings. The van der Waals surface area contributed by atoms with Crippen LogP contribution in [0.2, 0.25) is 0 Å². The molecule has 10 nitrogen and oxygen atoms in total. The monoisotopic (exact) mass is 304 g/mol. The standard InChI is InChI=1S/C12H8N4O6/c17-8-2-4-10(12(18)6-8)14-13-9-3-1-7(15(19)20)5-11(9)16(21)22/h1-6,17-18H/b14-13+. The zero-order valence-electron chi connectivity index (χ0n) is 10.8. The molecule has 112 valence electrons. The fraction of sp³-hybridized carbons (Fsp3) is 0. The van der Waals surface area contributed by atoms with Crippen LogP contribution in [-0.2, 0) is 0 Å². The summed E-state index contributed by atoms with van der Waals surface area (Å²) in [6.45, 7) is 0. The molecule has 0 amide bonds. The van der Waals surface area contributed by atoms with E-state index in [2.05, 4.69) is 10.2 Å². The number of phenols is 2. The van der Waals surface area contributed by atoms with Crippen molar-refractivity contribution in [1.82, 2.24) is 0 Å². The van der Waals surface area contributed by atoms with Gasteiger partial charge in [0.25, 0.3) is 5.69 Å². The normalized spacial score (nSPS) is 10.7. The first-order valence-corrected chi connectivity index (χ1v) is 5.75. The lowest BCUT2D eigenvalue weighted by Gasteiger charge is -1.99. The molecule has 0 heterocycles. The van der Waals surface area contributed by atoms with Crippen LogP contribution < -0.4 is 0 Å². The second kappa shape index (κ2) is 5.83. The zero-order valence-corrected chi connectivity index (χ0v) is 10.8. The number of benzene rings is 2. The van der Waals surface area contributed by atoms with Gasteiger partial charge >= 0.3 is 5.69 Å². The van der Waals surface area contributed by atoms with Gasteiger partial charge in [0, 0.05) is 12.1 Å². The molecular formula is C12H8N4O6. The predicted octanol–water partition coefficient (Wildman–Crippen LogP) is 3.33. The van der Waals surface area contributed by atoms with E-state index < -0.39 is 21.2 Å². The predicted molar refractivity (Wildman–Crippen MR) is 73.7 cm³/mol. The third kappa shape index (κ3) is 3.12. The number of nitro benzene ring substituents is 2. The molecule has 10 heteroatoms. The molecule has 2 N–H and O–H groups in total. The average Bonchev–Trinajstić information content (AvgIpc) is 2.46. The Bertz CT molecular complexity index is 789. The quantitative estimate of drug-likeness (QED) is 0.502. The number of hydrogen-bond acceptors (Lipinski definition) is 8. The lowest BCUT2D eigenvalue weighted by atomic mass is 10.2. The van der Waals surface area contributed by atoms with Crippen molar-refractivity contribution < 1.29 is 20.1 Å². The van der Waals surface area contributed by atoms with Crippen LogP contribution >= 0.6 is 0 Å². The molecule has 0 aliphatic heterocycles. The van der Waals surface area contributed by atoms with Crippen LogP contribution in [0.3, 0.4) is 0 Å². The molecule has 0 aliphatic carbocycles. The molecule has 0 aliphatic rings. The van der Waals surface area contributed by atoms with Crippen LogP contribution in [-0.4, -0.2) is 20.1 Å². The third-order valence-corrected chi connectivity index (χ3v) is 2.59. The van der Waals surface area contributed by atoms with Crippen molar-refractivity contribution in [3.8, 4) is 11.5 Å². The van der Waals surface area contributed by atoms with Gasteiger partial charge in [-0.1, -0.05) is 0 Å². The summed E-state index contributed by atoms with van der Waals surface area (Å²) in [5, 5.41) is 47.4. The Labute approximate surface area is 122 Å². The average molecular weight is 304 g/mol. The van der Waals surface area contributed by atoms with Crippen LogP contribution in [0.25, 0.3) is 0 Å². The van der Waals surface area contributed by atoms with Crippen LogP contribution in [0.4, 0.5) is 22.7 Å². The van der Waals surface area contributed by atoms with Crippen molar-refractivity contribution in [2.24, 2.45) is 10.2 Å². The molecular weight excluding hydrogens is 296 g/mol. The van der Waals surface area contributed by atoms with E-state index in [4.69, 9.17) is 5.11 Å². The summed E-state index contributed by atoms with van der Waals surface area (Å²) in [4.78, 5) is 19.9. The highest BCUT2D eigenvalue weighted by Crippen LogP contribution is 2.35. The Morgan fingerprint density at radius 1 is 0.864 bits per heavy atom. The van der Waals surface area contributed by atoms with Crippen molar-refractivity contribution >= 4 is 22.7 Å². The lowest BCUT2D eigenvalue weighted by molar-refractivity contribution is -0.393. The summed E-state index contributed by atoms with van der Waals surface area (Å²) >= 11 is 0. The van der Waals surface area contributed by atoms with Gasteiger partial charge in [0.2, 0.25) is 0 Å².